The van der Waals surface area contributed by atoms with E-state index in [9.17, 15) is 4.79 Å². The predicted octanol–water partition coefficient (Wildman–Crippen LogP) is 3.59. The lowest BCUT2D eigenvalue weighted by Crippen LogP contribution is -2.40. The summed E-state index contributed by atoms with van der Waals surface area (Å²) >= 11 is 0. The number of hydrogen-bond donors (Lipinski definition) is 1. The lowest BCUT2D eigenvalue weighted by molar-refractivity contribution is -0.125. The SMILES string of the molecule is CC(C)c1cccc(NC(=O)C2COc3ccccc3O2)c1. The van der Waals surface area contributed by atoms with Crippen LogP contribution >= 0.6 is 0 Å². The molecule has 2 aromatic rings. The highest BCUT2D eigenvalue weighted by Gasteiger charge is 2.27. The maximum absolute atomic E-state index is 12.3. The molecular weight excluding hydrogens is 278 g/mol. The minimum Gasteiger partial charge on any atom is -0.485 e. The molecule has 0 saturated heterocycles. The zero-order valence-electron chi connectivity index (χ0n) is 12.7. The molecule has 1 heterocycles. The van der Waals surface area contributed by atoms with E-state index in [1.807, 2.05) is 36.4 Å². The first kappa shape index (κ1) is 14.4. The van der Waals surface area contributed by atoms with Gasteiger partial charge in [-0.3, -0.25) is 4.79 Å². The van der Waals surface area contributed by atoms with Gasteiger partial charge < -0.3 is 14.8 Å². The quantitative estimate of drug-likeness (QED) is 0.942. The topological polar surface area (TPSA) is 47.6 Å². The second-order valence-corrected chi connectivity index (χ2v) is 5.63. The molecule has 3 rings (SSSR count). The Bertz CT molecular complexity index is 682. The van der Waals surface area contributed by atoms with Crippen LogP contribution in [-0.2, 0) is 4.79 Å². The molecule has 0 bridgehead atoms. The summed E-state index contributed by atoms with van der Waals surface area (Å²) in [6.07, 6.45) is -0.641. The van der Waals surface area contributed by atoms with Gasteiger partial charge in [0, 0.05) is 5.69 Å². The summed E-state index contributed by atoms with van der Waals surface area (Å²) in [6, 6.07) is 15.2. The van der Waals surface area contributed by atoms with E-state index in [1.165, 1.54) is 5.56 Å². The van der Waals surface area contributed by atoms with Crippen LogP contribution in [-0.4, -0.2) is 18.6 Å². The molecule has 22 heavy (non-hydrogen) atoms. The molecule has 0 aromatic heterocycles. The van der Waals surface area contributed by atoms with Crippen molar-refractivity contribution in [1.82, 2.24) is 0 Å². The minimum absolute atomic E-state index is 0.199. The van der Waals surface area contributed by atoms with E-state index in [0.29, 0.717) is 17.4 Å². The summed E-state index contributed by atoms with van der Waals surface area (Å²) in [4.78, 5) is 12.3. The van der Waals surface area contributed by atoms with Crippen molar-refractivity contribution < 1.29 is 14.3 Å². The molecule has 1 N–H and O–H groups in total. The molecule has 1 amide bonds. The van der Waals surface area contributed by atoms with Crippen LogP contribution in [0.2, 0.25) is 0 Å². The Labute approximate surface area is 130 Å². The number of anilines is 1. The number of fused-ring (bicyclic) bond motifs is 1. The third-order valence-corrected chi connectivity index (χ3v) is 3.62. The number of hydrogen-bond acceptors (Lipinski definition) is 3. The summed E-state index contributed by atoms with van der Waals surface area (Å²) in [5, 5.41) is 2.89. The highest BCUT2D eigenvalue weighted by Crippen LogP contribution is 2.31. The highest BCUT2D eigenvalue weighted by molar-refractivity contribution is 5.94. The van der Waals surface area contributed by atoms with E-state index in [0.717, 1.165) is 5.69 Å². The summed E-state index contributed by atoms with van der Waals surface area (Å²) in [5.41, 5.74) is 1.96. The van der Waals surface area contributed by atoms with E-state index in [1.54, 1.807) is 6.07 Å². The molecular formula is C18H19NO3. The van der Waals surface area contributed by atoms with E-state index in [-0.39, 0.29) is 12.5 Å². The number of nitrogens with one attached hydrogen (secondary N) is 1. The second kappa shape index (κ2) is 6.10. The molecule has 0 fully saturated rings. The molecule has 0 radical (unpaired) electrons. The van der Waals surface area contributed by atoms with Crippen molar-refractivity contribution in [3.05, 3.63) is 54.1 Å². The predicted molar refractivity (Wildman–Crippen MR) is 85.5 cm³/mol. The van der Waals surface area contributed by atoms with Crippen molar-refractivity contribution in [2.45, 2.75) is 25.9 Å². The van der Waals surface area contributed by atoms with Gasteiger partial charge in [0.25, 0.3) is 5.91 Å². The van der Waals surface area contributed by atoms with Gasteiger partial charge in [0.15, 0.2) is 11.5 Å². The average molecular weight is 297 g/mol. The molecule has 0 saturated carbocycles. The summed E-state index contributed by atoms with van der Waals surface area (Å²) in [6.45, 7) is 4.46. The van der Waals surface area contributed by atoms with Crippen LogP contribution in [0.4, 0.5) is 5.69 Å². The molecule has 114 valence electrons. The standard InChI is InChI=1S/C18H19NO3/c1-12(2)13-6-5-7-14(10-13)19-18(20)17-11-21-15-8-3-4-9-16(15)22-17/h3-10,12,17H,11H2,1-2H3,(H,19,20). The summed E-state index contributed by atoms with van der Waals surface area (Å²) in [5.74, 6) is 1.49. The van der Waals surface area contributed by atoms with Crippen LogP contribution in [0, 0.1) is 0 Å². The lowest BCUT2D eigenvalue weighted by Gasteiger charge is -2.25. The van der Waals surface area contributed by atoms with Crippen molar-refractivity contribution in [3.63, 3.8) is 0 Å². The van der Waals surface area contributed by atoms with Crippen molar-refractivity contribution in [2.75, 3.05) is 11.9 Å². The van der Waals surface area contributed by atoms with Gasteiger partial charge in [-0.25, -0.2) is 0 Å². The fraction of sp³-hybridized carbons (Fsp3) is 0.278. The zero-order chi connectivity index (χ0) is 15.5. The lowest BCUT2D eigenvalue weighted by atomic mass is 10.0. The average Bonchev–Trinajstić information content (AvgIpc) is 2.54. The molecule has 1 unspecified atom stereocenters. The monoisotopic (exact) mass is 297 g/mol. The van der Waals surface area contributed by atoms with Gasteiger partial charge in [0.1, 0.15) is 6.61 Å². The van der Waals surface area contributed by atoms with Crippen LogP contribution in [0.3, 0.4) is 0 Å². The van der Waals surface area contributed by atoms with Crippen LogP contribution in [0.15, 0.2) is 48.5 Å². The first-order valence-electron chi connectivity index (χ1n) is 7.43. The molecule has 4 heteroatoms. The fourth-order valence-corrected chi connectivity index (χ4v) is 2.35. The van der Waals surface area contributed by atoms with Gasteiger partial charge in [0.05, 0.1) is 0 Å². The maximum Gasteiger partial charge on any atom is 0.269 e. The summed E-state index contributed by atoms with van der Waals surface area (Å²) < 4.78 is 11.3. The number of amides is 1. The first-order chi connectivity index (χ1) is 10.6. The number of para-hydroxylation sites is 2. The van der Waals surface area contributed by atoms with E-state index < -0.39 is 6.10 Å². The third-order valence-electron chi connectivity index (χ3n) is 3.62. The molecule has 1 aliphatic heterocycles. The molecule has 0 spiro atoms. The van der Waals surface area contributed by atoms with Crippen LogP contribution < -0.4 is 14.8 Å². The number of ether oxygens (including phenoxy) is 2. The maximum atomic E-state index is 12.3. The van der Waals surface area contributed by atoms with Crippen LogP contribution in [0.25, 0.3) is 0 Å². The largest absolute Gasteiger partial charge is 0.485 e. The van der Waals surface area contributed by atoms with Gasteiger partial charge in [-0.2, -0.15) is 0 Å². The van der Waals surface area contributed by atoms with E-state index in [2.05, 4.69) is 25.2 Å². The fourth-order valence-electron chi connectivity index (χ4n) is 2.35. The molecule has 2 aromatic carbocycles. The smallest absolute Gasteiger partial charge is 0.269 e. The highest BCUT2D eigenvalue weighted by atomic mass is 16.6. The van der Waals surface area contributed by atoms with Crippen molar-refractivity contribution in [1.29, 1.82) is 0 Å². The Morgan fingerprint density at radius 1 is 1.14 bits per heavy atom. The van der Waals surface area contributed by atoms with Gasteiger partial charge in [0.2, 0.25) is 6.10 Å². The van der Waals surface area contributed by atoms with Crippen molar-refractivity contribution >= 4 is 11.6 Å². The number of benzene rings is 2. The molecule has 0 aliphatic carbocycles. The van der Waals surface area contributed by atoms with Crippen LogP contribution in [0.5, 0.6) is 11.5 Å². The Morgan fingerprint density at radius 3 is 2.68 bits per heavy atom. The van der Waals surface area contributed by atoms with Gasteiger partial charge in [-0.15, -0.1) is 0 Å². The van der Waals surface area contributed by atoms with Crippen molar-refractivity contribution in [3.8, 4) is 11.5 Å². The zero-order valence-corrected chi connectivity index (χ0v) is 12.7. The number of rotatable bonds is 3. The Balaban J connectivity index is 1.69. The van der Waals surface area contributed by atoms with Gasteiger partial charge in [-0.1, -0.05) is 38.1 Å². The van der Waals surface area contributed by atoms with Gasteiger partial charge in [-0.05, 0) is 35.7 Å². The first-order valence-corrected chi connectivity index (χ1v) is 7.43. The van der Waals surface area contributed by atoms with Gasteiger partial charge >= 0.3 is 0 Å². The van der Waals surface area contributed by atoms with E-state index >= 15 is 0 Å². The van der Waals surface area contributed by atoms with Crippen LogP contribution in [0.1, 0.15) is 25.3 Å². The minimum atomic E-state index is -0.641. The second-order valence-electron chi connectivity index (χ2n) is 5.63. The normalized spacial score (nSPS) is 16.4. The Kier molecular flexibility index (Phi) is 4.00. The summed E-state index contributed by atoms with van der Waals surface area (Å²) in [7, 11) is 0. The number of carbonyl (C=O) groups is 1. The molecule has 1 aliphatic rings. The molecule has 1 atom stereocenters. The third kappa shape index (κ3) is 3.06. The Hall–Kier alpha value is -2.49. The number of carbonyl (C=O) groups excluding carboxylic acids is 1. The Morgan fingerprint density at radius 2 is 1.91 bits per heavy atom. The molecule has 4 nitrogen and oxygen atoms in total. The van der Waals surface area contributed by atoms with E-state index in [4.69, 9.17) is 9.47 Å². The van der Waals surface area contributed by atoms with Crippen molar-refractivity contribution in [2.24, 2.45) is 0 Å².